The monoisotopic (exact) mass is 306 g/mol. The lowest BCUT2D eigenvalue weighted by atomic mass is 9.89. The first-order chi connectivity index (χ1) is 10.1. The Balaban J connectivity index is 1.82. The zero-order chi connectivity index (χ0) is 14.8. The molecule has 0 aromatic carbocycles. The van der Waals surface area contributed by atoms with Gasteiger partial charge in [0.15, 0.2) is 11.0 Å². The average molecular weight is 306 g/mol. The molecule has 0 unspecified atom stereocenters. The van der Waals surface area contributed by atoms with E-state index in [0.29, 0.717) is 16.9 Å². The molecule has 0 atom stereocenters. The summed E-state index contributed by atoms with van der Waals surface area (Å²) in [5, 5.41) is 7.38. The van der Waals surface area contributed by atoms with Crippen molar-refractivity contribution in [3.05, 3.63) is 11.5 Å². The van der Waals surface area contributed by atoms with Gasteiger partial charge in [0.25, 0.3) is 5.89 Å². The molecule has 0 bridgehead atoms. The second-order valence-corrected chi connectivity index (χ2v) is 6.41. The molecule has 3 rings (SSSR count). The van der Waals surface area contributed by atoms with Crippen LogP contribution in [-0.2, 0) is 4.79 Å². The van der Waals surface area contributed by atoms with Crippen LogP contribution in [0.25, 0.3) is 10.8 Å². The van der Waals surface area contributed by atoms with Crippen molar-refractivity contribution in [1.82, 2.24) is 15.1 Å². The maximum atomic E-state index is 11.1. The van der Waals surface area contributed by atoms with E-state index in [1.165, 1.54) is 37.5 Å². The molecule has 7 heteroatoms. The molecule has 1 aliphatic rings. The molecule has 1 aliphatic carbocycles. The number of rotatable bonds is 3. The van der Waals surface area contributed by atoms with E-state index in [0.717, 1.165) is 29.2 Å². The van der Waals surface area contributed by atoms with Crippen molar-refractivity contribution in [1.29, 1.82) is 0 Å². The predicted octanol–water partition coefficient (Wildman–Crippen LogP) is 3.51. The van der Waals surface area contributed by atoms with Crippen LogP contribution >= 0.6 is 11.3 Å². The average Bonchev–Trinajstić information content (AvgIpc) is 3.06. The normalized spacial score (nSPS) is 16.1. The number of amides is 1. The number of aromatic nitrogens is 3. The Morgan fingerprint density at radius 2 is 2.05 bits per heavy atom. The Hall–Kier alpha value is -1.76. The molecular weight excluding hydrogens is 288 g/mol. The summed E-state index contributed by atoms with van der Waals surface area (Å²) in [7, 11) is 0. The fourth-order valence-electron chi connectivity index (χ4n) is 2.65. The van der Waals surface area contributed by atoms with Gasteiger partial charge in [-0.05, 0) is 19.8 Å². The molecule has 0 aliphatic heterocycles. The first-order valence-corrected chi connectivity index (χ1v) is 8.04. The van der Waals surface area contributed by atoms with Crippen LogP contribution in [0.2, 0.25) is 0 Å². The van der Waals surface area contributed by atoms with Gasteiger partial charge >= 0.3 is 0 Å². The number of aryl methyl sites for hydroxylation is 1. The van der Waals surface area contributed by atoms with Crippen LogP contribution in [-0.4, -0.2) is 21.0 Å². The third-order valence-electron chi connectivity index (χ3n) is 3.69. The van der Waals surface area contributed by atoms with Crippen molar-refractivity contribution in [2.24, 2.45) is 0 Å². The van der Waals surface area contributed by atoms with Gasteiger partial charge in [0, 0.05) is 12.8 Å². The molecule has 2 aromatic heterocycles. The Labute approximate surface area is 127 Å². The molecule has 0 saturated heterocycles. The van der Waals surface area contributed by atoms with E-state index in [2.05, 4.69) is 20.4 Å². The van der Waals surface area contributed by atoms with Gasteiger partial charge < -0.3 is 9.84 Å². The van der Waals surface area contributed by atoms with Crippen LogP contribution in [0.4, 0.5) is 5.13 Å². The summed E-state index contributed by atoms with van der Waals surface area (Å²) in [4.78, 5) is 20.8. The van der Waals surface area contributed by atoms with Crippen LogP contribution < -0.4 is 5.32 Å². The van der Waals surface area contributed by atoms with Gasteiger partial charge in [-0.1, -0.05) is 35.8 Å². The number of thiazole rings is 1. The van der Waals surface area contributed by atoms with E-state index in [1.807, 2.05) is 6.92 Å². The Kier molecular flexibility index (Phi) is 4.01. The molecule has 6 nitrogen and oxygen atoms in total. The lowest BCUT2D eigenvalue weighted by molar-refractivity contribution is -0.114. The highest BCUT2D eigenvalue weighted by Gasteiger charge is 2.23. The number of nitrogens with one attached hydrogen (secondary N) is 1. The van der Waals surface area contributed by atoms with Crippen LogP contribution in [0.5, 0.6) is 0 Å². The number of hydrogen-bond donors (Lipinski definition) is 1. The van der Waals surface area contributed by atoms with Crippen LogP contribution in [0.3, 0.4) is 0 Å². The van der Waals surface area contributed by atoms with E-state index in [1.54, 1.807) is 0 Å². The molecule has 2 aromatic rings. The summed E-state index contributed by atoms with van der Waals surface area (Å²) in [6, 6.07) is 0. The number of carbonyl (C=O) groups excluding carboxylic acids is 1. The van der Waals surface area contributed by atoms with E-state index in [4.69, 9.17) is 4.52 Å². The molecule has 21 heavy (non-hydrogen) atoms. The second kappa shape index (κ2) is 5.93. The molecular formula is C14H18N4O2S. The summed E-state index contributed by atoms with van der Waals surface area (Å²) in [5.74, 6) is 1.59. The van der Waals surface area contributed by atoms with Gasteiger partial charge in [0.1, 0.15) is 4.88 Å². The van der Waals surface area contributed by atoms with Crippen LogP contribution in [0.15, 0.2) is 4.52 Å². The lowest BCUT2D eigenvalue weighted by Crippen LogP contribution is -2.06. The van der Waals surface area contributed by atoms with Gasteiger partial charge in [-0.25, -0.2) is 4.98 Å². The smallest absolute Gasteiger partial charge is 0.270 e. The first-order valence-electron chi connectivity index (χ1n) is 7.22. The van der Waals surface area contributed by atoms with Gasteiger partial charge in [0.2, 0.25) is 5.91 Å². The highest BCUT2D eigenvalue weighted by Crippen LogP contribution is 2.35. The summed E-state index contributed by atoms with van der Waals surface area (Å²) in [6.45, 7) is 3.34. The molecule has 2 heterocycles. The number of carbonyl (C=O) groups is 1. The minimum atomic E-state index is -0.135. The number of nitrogens with zero attached hydrogens (tertiary/aromatic N) is 3. The van der Waals surface area contributed by atoms with Crippen LogP contribution in [0, 0.1) is 6.92 Å². The highest BCUT2D eigenvalue weighted by atomic mass is 32.1. The maximum absolute atomic E-state index is 11.1. The minimum absolute atomic E-state index is 0.135. The standard InChI is InChI=1S/C14H18N4O2S/c1-8-11(21-14(15-8)16-9(2)19)13-17-12(18-20-13)10-6-4-3-5-7-10/h10H,3-7H2,1-2H3,(H,15,16,19). The lowest BCUT2D eigenvalue weighted by Gasteiger charge is -2.17. The van der Waals surface area contributed by atoms with E-state index in [9.17, 15) is 4.79 Å². The molecule has 0 radical (unpaired) electrons. The summed E-state index contributed by atoms with van der Waals surface area (Å²) >= 11 is 1.36. The van der Waals surface area contributed by atoms with Gasteiger partial charge in [-0.2, -0.15) is 4.98 Å². The Bertz CT molecular complexity index is 643. The minimum Gasteiger partial charge on any atom is -0.333 e. The van der Waals surface area contributed by atoms with E-state index >= 15 is 0 Å². The van der Waals surface area contributed by atoms with Crippen molar-refractivity contribution >= 4 is 22.4 Å². The SMILES string of the molecule is CC(=O)Nc1nc(C)c(-c2nc(C3CCCCC3)no2)s1. The van der Waals surface area contributed by atoms with Gasteiger partial charge in [-0.3, -0.25) is 4.79 Å². The fraction of sp³-hybridized carbons (Fsp3) is 0.571. The number of hydrogen-bond acceptors (Lipinski definition) is 6. The fourth-order valence-corrected chi connectivity index (χ4v) is 3.59. The van der Waals surface area contributed by atoms with Crippen molar-refractivity contribution in [2.75, 3.05) is 5.32 Å². The quantitative estimate of drug-likeness (QED) is 0.938. The third-order valence-corrected chi connectivity index (χ3v) is 4.75. The largest absolute Gasteiger partial charge is 0.333 e. The zero-order valence-electron chi connectivity index (χ0n) is 12.2. The molecule has 0 spiro atoms. The van der Waals surface area contributed by atoms with Crippen molar-refractivity contribution < 1.29 is 9.32 Å². The van der Waals surface area contributed by atoms with E-state index in [-0.39, 0.29) is 5.91 Å². The Morgan fingerprint density at radius 3 is 2.76 bits per heavy atom. The molecule has 112 valence electrons. The summed E-state index contributed by atoms with van der Waals surface area (Å²) in [6.07, 6.45) is 6.05. The first kappa shape index (κ1) is 14.2. The molecule has 1 fully saturated rings. The predicted molar refractivity (Wildman–Crippen MR) is 80.3 cm³/mol. The topological polar surface area (TPSA) is 80.9 Å². The van der Waals surface area contributed by atoms with E-state index < -0.39 is 0 Å². The van der Waals surface area contributed by atoms with Crippen molar-refractivity contribution in [2.45, 2.75) is 51.9 Å². The third kappa shape index (κ3) is 3.12. The summed E-state index contributed by atoms with van der Waals surface area (Å²) in [5.41, 5.74) is 0.794. The summed E-state index contributed by atoms with van der Waals surface area (Å²) < 4.78 is 5.40. The maximum Gasteiger partial charge on any atom is 0.270 e. The van der Waals surface area contributed by atoms with Crippen molar-refractivity contribution in [3.63, 3.8) is 0 Å². The zero-order valence-corrected chi connectivity index (χ0v) is 13.0. The van der Waals surface area contributed by atoms with Crippen LogP contribution in [0.1, 0.15) is 56.5 Å². The molecule has 1 amide bonds. The number of anilines is 1. The Morgan fingerprint density at radius 1 is 1.29 bits per heavy atom. The second-order valence-electron chi connectivity index (χ2n) is 5.41. The van der Waals surface area contributed by atoms with Gasteiger partial charge in [-0.15, -0.1) is 0 Å². The molecule has 1 saturated carbocycles. The highest BCUT2D eigenvalue weighted by molar-refractivity contribution is 7.19. The molecule has 1 N–H and O–H groups in total. The van der Waals surface area contributed by atoms with Crippen molar-refractivity contribution in [3.8, 4) is 10.8 Å². The van der Waals surface area contributed by atoms with Gasteiger partial charge in [0.05, 0.1) is 5.69 Å².